The lowest BCUT2D eigenvalue weighted by atomic mass is 10.3. The van der Waals surface area contributed by atoms with Crippen LogP contribution in [0.1, 0.15) is 20.8 Å². The van der Waals surface area contributed by atoms with Gasteiger partial charge in [-0.2, -0.15) is 20.1 Å². The summed E-state index contributed by atoms with van der Waals surface area (Å²) in [6, 6.07) is 1.98. The quantitative estimate of drug-likeness (QED) is 0.775. The third kappa shape index (κ3) is 3.66. The molecule has 2 heterocycles. The van der Waals surface area contributed by atoms with E-state index in [-0.39, 0.29) is 12.6 Å². The third-order valence-corrected chi connectivity index (χ3v) is 2.88. The molecule has 0 bridgehead atoms. The number of nitrogens with zero attached hydrogens (tertiary/aromatic N) is 6. The van der Waals surface area contributed by atoms with Gasteiger partial charge in [0.1, 0.15) is 0 Å². The van der Waals surface area contributed by atoms with Gasteiger partial charge in [-0.3, -0.25) is 0 Å². The van der Waals surface area contributed by atoms with Crippen LogP contribution < -0.4 is 10.2 Å². The Hall–Kier alpha value is -2.22. The maximum atomic E-state index is 9.23. The predicted molar refractivity (Wildman–Crippen MR) is 80.7 cm³/mol. The molecule has 2 aromatic heterocycles. The van der Waals surface area contributed by atoms with Gasteiger partial charge in [-0.1, -0.05) is 0 Å². The molecule has 2 N–H and O–H groups in total. The Morgan fingerprint density at radius 2 is 2.14 bits per heavy atom. The van der Waals surface area contributed by atoms with E-state index < -0.39 is 0 Å². The monoisotopic (exact) mass is 291 g/mol. The number of hydrogen-bond donors (Lipinski definition) is 2. The second-order valence-electron chi connectivity index (χ2n) is 4.75. The molecule has 0 amide bonds. The molecule has 0 atom stereocenters. The Kier molecular flexibility index (Phi) is 5.04. The first-order valence-electron chi connectivity index (χ1n) is 7.03. The highest BCUT2D eigenvalue weighted by Crippen LogP contribution is 2.15. The van der Waals surface area contributed by atoms with Crippen LogP contribution in [0.5, 0.6) is 0 Å². The largest absolute Gasteiger partial charge is 0.395 e. The van der Waals surface area contributed by atoms with Crippen molar-refractivity contribution in [2.75, 3.05) is 29.9 Å². The molecule has 0 radical (unpaired) electrons. The highest BCUT2D eigenvalue weighted by atomic mass is 16.3. The number of aliphatic hydroxyl groups excluding tert-OH is 1. The summed E-state index contributed by atoms with van der Waals surface area (Å²) in [5.74, 6) is 1.47. The van der Waals surface area contributed by atoms with E-state index in [4.69, 9.17) is 0 Å². The Morgan fingerprint density at radius 3 is 2.71 bits per heavy atom. The fraction of sp³-hybridized carbons (Fsp3) is 0.538. The van der Waals surface area contributed by atoms with Crippen molar-refractivity contribution in [1.29, 1.82) is 0 Å². The van der Waals surface area contributed by atoms with E-state index in [2.05, 4.69) is 25.4 Å². The molecule has 0 fully saturated rings. The lowest BCUT2D eigenvalue weighted by Gasteiger charge is -2.26. The molecule has 2 aromatic rings. The maximum Gasteiger partial charge on any atom is 0.257 e. The SMILES string of the molecule is CCNc1nc(N(CCO)C(C)C)nc(-n2cccn2)n1. The van der Waals surface area contributed by atoms with Crippen molar-refractivity contribution < 1.29 is 5.11 Å². The van der Waals surface area contributed by atoms with Crippen LogP contribution in [0, 0.1) is 0 Å². The van der Waals surface area contributed by atoms with Crippen LogP contribution in [-0.2, 0) is 0 Å². The third-order valence-electron chi connectivity index (χ3n) is 2.88. The van der Waals surface area contributed by atoms with Gasteiger partial charge in [-0.15, -0.1) is 0 Å². The Labute approximate surface area is 123 Å². The molecule has 0 aliphatic carbocycles. The number of aromatic nitrogens is 5. The van der Waals surface area contributed by atoms with Crippen molar-refractivity contribution in [3.8, 4) is 5.95 Å². The van der Waals surface area contributed by atoms with Gasteiger partial charge in [-0.25, -0.2) is 4.68 Å². The zero-order valence-electron chi connectivity index (χ0n) is 12.6. The summed E-state index contributed by atoms with van der Waals surface area (Å²) < 4.78 is 1.59. The molecule has 0 aliphatic heterocycles. The number of nitrogens with one attached hydrogen (secondary N) is 1. The lowest BCUT2D eigenvalue weighted by Crippen LogP contribution is -2.35. The Morgan fingerprint density at radius 1 is 1.33 bits per heavy atom. The number of hydrogen-bond acceptors (Lipinski definition) is 7. The normalized spacial score (nSPS) is 10.9. The Balaban J connectivity index is 2.44. The lowest BCUT2D eigenvalue weighted by molar-refractivity contribution is 0.298. The molecular formula is C13H21N7O. The Bertz CT molecular complexity index is 556. The second kappa shape index (κ2) is 6.98. The smallest absolute Gasteiger partial charge is 0.257 e. The number of rotatable bonds is 7. The van der Waals surface area contributed by atoms with Crippen LogP contribution >= 0.6 is 0 Å². The van der Waals surface area contributed by atoms with E-state index in [1.54, 1.807) is 17.1 Å². The van der Waals surface area contributed by atoms with Crippen LogP contribution in [0.3, 0.4) is 0 Å². The van der Waals surface area contributed by atoms with Crippen molar-refractivity contribution in [3.05, 3.63) is 18.5 Å². The van der Waals surface area contributed by atoms with Gasteiger partial charge in [0, 0.05) is 31.5 Å². The van der Waals surface area contributed by atoms with Crippen molar-refractivity contribution in [1.82, 2.24) is 24.7 Å². The van der Waals surface area contributed by atoms with Crippen LogP contribution in [0.2, 0.25) is 0 Å². The first kappa shape index (κ1) is 15.2. The summed E-state index contributed by atoms with van der Waals surface area (Å²) in [5.41, 5.74) is 0. The van der Waals surface area contributed by atoms with Crippen molar-refractivity contribution in [2.45, 2.75) is 26.8 Å². The van der Waals surface area contributed by atoms with Crippen LogP contribution in [0.25, 0.3) is 5.95 Å². The van der Waals surface area contributed by atoms with Crippen LogP contribution in [0.15, 0.2) is 18.5 Å². The molecule has 114 valence electrons. The minimum absolute atomic E-state index is 0.0392. The molecule has 0 aliphatic rings. The number of anilines is 2. The molecule has 0 aromatic carbocycles. The summed E-state index contributed by atoms with van der Waals surface area (Å²) in [6.07, 6.45) is 3.45. The highest BCUT2D eigenvalue weighted by molar-refractivity contribution is 5.40. The predicted octanol–water partition coefficient (Wildman–Crippen LogP) is 0.696. The average Bonchev–Trinajstić information content (AvgIpc) is 2.98. The summed E-state index contributed by atoms with van der Waals surface area (Å²) in [4.78, 5) is 15.1. The molecule has 8 nitrogen and oxygen atoms in total. The molecule has 0 saturated heterocycles. The summed E-state index contributed by atoms with van der Waals surface area (Å²) in [6.45, 7) is 7.25. The zero-order valence-corrected chi connectivity index (χ0v) is 12.6. The van der Waals surface area contributed by atoms with E-state index >= 15 is 0 Å². The standard InChI is InChI=1S/C13H21N7O/c1-4-14-11-16-12(19(8-9-21)10(2)3)18-13(17-11)20-7-5-6-15-20/h5-7,10,21H,4,8-9H2,1-3H3,(H,14,16,17,18). The van der Waals surface area contributed by atoms with Crippen molar-refractivity contribution in [2.24, 2.45) is 0 Å². The minimum Gasteiger partial charge on any atom is -0.395 e. The average molecular weight is 291 g/mol. The zero-order chi connectivity index (χ0) is 15.2. The van der Waals surface area contributed by atoms with E-state index in [1.807, 2.05) is 31.7 Å². The topological polar surface area (TPSA) is 92.0 Å². The van der Waals surface area contributed by atoms with Gasteiger partial charge >= 0.3 is 0 Å². The second-order valence-corrected chi connectivity index (χ2v) is 4.75. The highest BCUT2D eigenvalue weighted by Gasteiger charge is 2.16. The van der Waals surface area contributed by atoms with Gasteiger partial charge in [-0.05, 0) is 26.8 Å². The van der Waals surface area contributed by atoms with Crippen molar-refractivity contribution in [3.63, 3.8) is 0 Å². The van der Waals surface area contributed by atoms with Crippen molar-refractivity contribution >= 4 is 11.9 Å². The molecule has 0 saturated carbocycles. The fourth-order valence-corrected chi connectivity index (χ4v) is 1.91. The van der Waals surface area contributed by atoms with Crippen LogP contribution in [-0.4, -0.2) is 55.6 Å². The molecule has 21 heavy (non-hydrogen) atoms. The first-order chi connectivity index (χ1) is 10.2. The van der Waals surface area contributed by atoms with Gasteiger partial charge < -0.3 is 15.3 Å². The van der Waals surface area contributed by atoms with E-state index in [9.17, 15) is 5.11 Å². The van der Waals surface area contributed by atoms with Gasteiger partial charge in [0.15, 0.2) is 0 Å². The summed E-state index contributed by atoms with van der Waals surface area (Å²) in [5, 5.41) is 16.5. The van der Waals surface area contributed by atoms with Gasteiger partial charge in [0.05, 0.1) is 6.61 Å². The van der Waals surface area contributed by atoms with Gasteiger partial charge in [0.25, 0.3) is 5.95 Å². The summed E-state index contributed by atoms with van der Waals surface area (Å²) >= 11 is 0. The first-order valence-corrected chi connectivity index (χ1v) is 7.03. The molecule has 2 rings (SSSR count). The van der Waals surface area contributed by atoms with E-state index in [0.717, 1.165) is 0 Å². The molecule has 0 spiro atoms. The van der Waals surface area contributed by atoms with Gasteiger partial charge in [0.2, 0.25) is 11.9 Å². The van der Waals surface area contributed by atoms with E-state index in [1.165, 1.54) is 0 Å². The molecular weight excluding hydrogens is 270 g/mol. The molecule has 8 heteroatoms. The maximum absolute atomic E-state index is 9.23. The fourth-order valence-electron chi connectivity index (χ4n) is 1.91. The van der Waals surface area contributed by atoms with Crippen LogP contribution in [0.4, 0.5) is 11.9 Å². The molecule has 0 unspecified atom stereocenters. The minimum atomic E-state index is 0.0392. The summed E-state index contributed by atoms with van der Waals surface area (Å²) in [7, 11) is 0. The number of aliphatic hydroxyl groups is 1. The van der Waals surface area contributed by atoms with E-state index in [0.29, 0.717) is 30.9 Å².